The highest BCUT2D eigenvalue weighted by Gasteiger charge is 2.36. The molecule has 0 aromatic heterocycles. The minimum Gasteiger partial charge on any atom is -0.444 e. The summed E-state index contributed by atoms with van der Waals surface area (Å²) in [5.74, 6) is -0.476. The minimum absolute atomic E-state index is 0.0428. The predicted molar refractivity (Wildman–Crippen MR) is 116 cm³/mol. The van der Waals surface area contributed by atoms with Gasteiger partial charge >= 0.3 is 6.09 Å². The molecule has 0 saturated carbocycles. The second-order valence-corrected chi connectivity index (χ2v) is 9.32. The van der Waals surface area contributed by atoms with E-state index in [2.05, 4.69) is 4.90 Å². The van der Waals surface area contributed by atoms with Crippen molar-refractivity contribution in [3.05, 3.63) is 39.4 Å². The molecule has 1 aromatic rings. The first kappa shape index (κ1) is 22.7. The highest BCUT2D eigenvalue weighted by atomic mass is 35.5. The Hall–Kier alpha value is -1.96. The molecule has 1 N–H and O–H groups in total. The van der Waals surface area contributed by atoms with Crippen molar-refractivity contribution in [2.45, 2.75) is 46.1 Å². The number of rotatable bonds is 3. The number of aliphatic hydroxyl groups excluding tert-OH is 1. The predicted octanol–water partition coefficient (Wildman–Crippen LogP) is 3.40. The Morgan fingerprint density at radius 3 is 2.33 bits per heavy atom. The van der Waals surface area contributed by atoms with Crippen LogP contribution in [-0.2, 0) is 16.1 Å². The number of amides is 2. The molecule has 2 amide bonds. The third kappa shape index (κ3) is 4.85. The van der Waals surface area contributed by atoms with E-state index < -0.39 is 17.7 Å². The van der Waals surface area contributed by atoms with E-state index in [4.69, 9.17) is 27.9 Å². The summed E-state index contributed by atoms with van der Waals surface area (Å²) < 4.78 is 5.44. The van der Waals surface area contributed by atoms with Gasteiger partial charge < -0.3 is 24.5 Å². The summed E-state index contributed by atoms with van der Waals surface area (Å²) in [4.78, 5) is 29.6. The Balaban J connectivity index is 1.62. The number of benzene rings is 1. The molecule has 7 nitrogen and oxygen atoms in total. The van der Waals surface area contributed by atoms with Gasteiger partial charge in [0.25, 0.3) is 5.91 Å². The van der Waals surface area contributed by atoms with Gasteiger partial charge in [-0.3, -0.25) is 4.79 Å². The molecule has 3 rings (SSSR count). The molecule has 0 bridgehead atoms. The number of aliphatic hydroxyl groups is 1. The van der Waals surface area contributed by atoms with Crippen molar-refractivity contribution in [1.29, 1.82) is 0 Å². The Morgan fingerprint density at radius 2 is 1.83 bits per heavy atom. The van der Waals surface area contributed by atoms with Gasteiger partial charge in [0.2, 0.25) is 0 Å². The van der Waals surface area contributed by atoms with Crippen molar-refractivity contribution in [3.8, 4) is 0 Å². The SMILES string of the molecule is Cc1cc(N2CCN(C(=O)OC(C)(C)C)CC2)ccc1CN1C(=O)C(Cl)=C(Cl)C1O. The Bertz CT molecular complexity index is 873. The molecule has 1 unspecified atom stereocenters. The number of halogens is 2. The largest absolute Gasteiger partial charge is 0.444 e. The smallest absolute Gasteiger partial charge is 0.410 e. The van der Waals surface area contributed by atoms with E-state index in [1.54, 1.807) is 4.90 Å². The third-order valence-corrected chi connectivity index (χ3v) is 5.99. The summed E-state index contributed by atoms with van der Waals surface area (Å²) in [6, 6.07) is 5.96. The topological polar surface area (TPSA) is 73.3 Å². The van der Waals surface area contributed by atoms with Crippen molar-refractivity contribution in [1.82, 2.24) is 9.80 Å². The first-order valence-electron chi connectivity index (χ1n) is 9.84. The fourth-order valence-corrected chi connectivity index (χ4v) is 3.86. The molecule has 1 atom stereocenters. The summed E-state index contributed by atoms with van der Waals surface area (Å²) in [5.41, 5.74) is 2.42. The average Bonchev–Trinajstić information content (AvgIpc) is 2.86. The summed E-state index contributed by atoms with van der Waals surface area (Å²) >= 11 is 11.8. The number of carbonyl (C=O) groups excluding carboxylic acids is 2. The van der Waals surface area contributed by atoms with Crippen LogP contribution >= 0.6 is 23.2 Å². The fourth-order valence-electron chi connectivity index (χ4n) is 3.46. The number of carbonyl (C=O) groups is 2. The number of nitrogens with zero attached hydrogens (tertiary/aromatic N) is 3. The zero-order chi connectivity index (χ0) is 22.2. The molecule has 2 aliphatic rings. The maximum Gasteiger partial charge on any atom is 0.410 e. The van der Waals surface area contributed by atoms with Crippen LogP contribution in [0.2, 0.25) is 0 Å². The molecule has 2 heterocycles. The molecular weight excluding hydrogens is 429 g/mol. The van der Waals surface area contributed by atoms with Gasteiger partial charge in [0.15, 0.2) is 6.23 Å². The quantitative estimate of drug-likeness (QED) is 0.755. The number of aryl methyl sites for hydroxylation is 1. The molecule has 164 valence electrons. The van der Waals surface area contributed by atoms with Crippen LogP contribution in [0, 0.1) is 6.92 Å². The maximum atomic E-state index is 12.2. The average molecular weight is 456 g/mol. The zero-order valence-corrected chi connectivity index (χ0v) is 19.1. The van der Waals surface area contributed by atoms with Gasteiger partial charge in [0, 0.05) is 38.4 Å². The Labute approximate surface area is 186 Å². The van der Waals surface area contributed by atoms with Gasteiger partial charge in [-0.25, -0.2) is 4.79 Å². The van der Waals surface area contributed by atoms with Crippen molar-refractivity contribution < 1.29 is 19.4 Å². The van der Waals surface area contributed by atoms with Crippen LogP contribution in [0.4, 0.5) is 10.5 Å². The third-order valence-electron chi connectivity index (χ3n) is 5.14. The summed E-state index contributed by atoms with van der Waals surface area (Å²) in [6.07, 6.45) is -1.50. The first-order valence-corrected chi connectivity index (χ1v) is 10.6. The highest BCUT2D eigenvalue weighted by Crippen LogP contribution is 2.32. The summed E-state index contributed by atoms with van der Waals surface area (Å²) in [6.45, 7) is 10.3. The van der Waals surface area contributed by atoms with Gasteiger partial charge in [0.1, 0.15) is 10.6 Å². The number of hydrogen-bond acceptors (Lipinski definition) is 5. The van der Waals surface area contributed by atoms with E-state index in [1.165, 1.54) is 4.90 Å². The van der Waals surface area contributed by atoms with E-state index in [0.29, 0.717) is 26.2 Å². The van der Waals surface area contributed by atoms with Crippen LogP contribution in [0.1, 0.15) is 31.9 Å². The molecule has 9 heteroatoms. The highest BCUT2D eigenvalue weighted by molar-refractivity contribution is 6.49. The Morgan fingerprint density at radius 1 is 1.20 bits per heavy atom. The molecule has 2 aliphatic heterocycles. The summed E-state index contributed by atoms with van der Waals surface area (Å²) in [5, 5.41) is 9.95. The van der Waals surface area contributed by atoms with Crippen LogP contribution < -0.4 is 4.90 Å². The Kier molecular flexibility index (Phi) is 6.55. The maximum absolute atomic E-state index is 12.2. The van der Waals surface area contributed by atoms with E-state index in [9.17, 15) is 14.7 Å². The van der Waals surface area contributed by atoms with E-state index in [0.717, 1.165) is 16.8 Å². The first-order chi connectivity index (χ1) is 14.0. The lowest BCUT2D eigenvalue weighted by Gasteiger charge is -2.37. The number of piperazine rings is 1. The second-order valence-electron chi connectivity index (χ2n) is 8.53. The lowest BCUT2D eigenvalue weighted by molar-refractivity contribution is -0.132. The molecule has 1 fully saturated rings. The van der Waals surface area contributed by atoms with Crippen LogP contribution in [0.15, 0.2) is 28.3 Å². The number of anilines is 1. The van der Waals surface area contributed by atoms with Crippen molar-refractivity contribution in [2.75, 3.05) is 31.1 Å². The van der Waals surface area contributed by atoms with Gasteiger partial charge in [-0.05, 0) is 51.0 Å². The van der Waals surface area contributed by atoms with E-state index in [1.807, 2.05) is 45.9 Å². The number of ether oxygens (including phenoxy) is 1. The van der Waals surface area contributed by atoms with Crippen LogP contribution in [0.3, 0.4) is 0 Å². The lowest BCUT2D eigenvalue weighted by atomic mass is 10.1. The molecule has 0 spiro atoms. The standard InChI is InChI=1S/C21H27Cl2N3O4/c1-13-11-15(24-7-9-25(10-8-24)20(29)30-21(2,3)4)6-5-14(13)12-26-18(27)16(22)17(23)19(26)28/h5-6,11,18,27H,7-10,12H2,1-4H3. The van der Waals surface area contributed by atoms with Crippen LogP contribution in [0.25, 0.3) is 0 Å². The molecule has 0 radical (unpaired) electrons. The fraction of sp³-hybridized carbons (Fsp3) is 0.524. The number of hydrogen-bond donors (Lipinski definition) is 1. The summed E-state index contributed by atoms with van der Waals surface area (Å²) in [7, 11) is 0. The minimum atomic E-state index is -1.22. The molecular formula is C21H27Cl2N3O4. The van der Waals surface area contributed by atoms with Gasteiger partial charge in [-0.2, -0.15) is 0 Å². The van der Waals surface area contributed by atoms with Crippen LogP contribution in [0.5, 0.6) is 0 Å². The monoisotopic (exact) mass is 455 g/mol. The second kappa shape index (κ2) is 8.65. The molecule has 0 aliphatic carbocycles. The van der Waals surface area contributed by atoms with Gasteiger partial charge in [-0.1, -0.05) is 29.3 Å². The van der Waals surface area contributed by atoms with E-state index >= 15 is 0 Å². The van der Waals surface area contributed by atoms with Gasteiger partial charge in [-0.15, -0.1) is 0 Å². The zero-order valence-electron chi connectivity index (χ0n) is 17.6. The molecule has 1 aromatic carbocycles. The van der Waals surface area contributed by atoms with Gasteiger partial charge in [0.05, 0.1) is 5.03 Å². The normalized spacial score (nSPS) is 20.3. The van der Waals surface area contributed by atoms with Crippen molar-refractivity contribution in [3.63, 3.8) is 0 Å². The molecule has 30 heavy (non-hydrogen) atoms. The lowest BCUT2D eigenvalue weighted by Crippen LogP contribution is -2.50. The van der Waals surface area contributed by atoms with Crippen molar-refractivity contribution >= 4 is 40.9 Å². The van der Waals surface area contributed by atoms with Crippen molar-refractivity contribution in [2.24, 2.45) is 0 Å². The molecule has 1 saturated heterocycles. The van der Waals surface area contributed by atoms with Crippen LogP contribution in [-0.4, -0.2) is 64.9 Å². The van der Waals surface area contributed by atoms with E-state index in [-0.39, 0.29) is 22.7 Å².